The Morgan fingerprint density at radius 1 is 1.18 bits per heavy atom. The first-order valence-corrected chi connectivity index (χ1v) is 14.1. The van der Waals surface area contributed by atoms with E-state index in [0.29, 0.717) is 11.3 Å². The monoisotopic (exact) mass is 575 g/mol. The summed E-state index contributed by atoms with van der Waals surface area (Å²) in [7, 11) is 1.30. The van der Waals surface area contributed by atoms with E-state index in [9.17, 15) is 14.4 Å². The predicted octanol–water partition coefficient (Wildman–Crippen LogP) is 3.25. The van der Waals surface area contributed by atoms with Gasteiger partial charge in [0.2, 0.25) is 0 Å². The van der Waals surface area contributed by atoms with Gasteiger partial charge in [0.25, 0.3) is 11.8 Å². The Kier molecular flexibility index (Phi) is 7.99. The van der Waals surface area contributed by atoms with Crippen molar-refractivity contribution in [1.29, 1.82) is 0 Å². The maximum Gasteiger partial charge on any atom is 0.356 e. The fourth-order valence-corrected chi connectivity index (χ4v) is 6.33. The van der Waals surface area contributed by atoms with E-state index in [1.807, 2.05) is 60.7 Å². The number of thioether (sulfide) groups is 1. The molecule has 5 rings (SSSR count). The first-order chi connectivity index (χ1) is 19.4. The van der Waals surface area contributed by atoms with Gasteiger partial charge in [-0.15, -0.1) is 23.1 Å². The first kappa shape index (κ1) is 27.2. The van der Waals surface area contributed by atoms with Gasteiger partial charge in [0, 0.05) is 11.1 Å². The second-order valence-corrected chi connectivity index (χ2v) is 10.7. The third-order valence-electron chi connectivity index (χ3n) is 6.32. The Balaban J connectivity index is 1.38. The molecule has 2 aliphatic rings. The number of benzene rings is 2. The molecule has 0 saturated carbocycles. The fraction of sp³-hybridized carbons (Fsp3) is 0.179. The number of nitrogens with two attached hydrogens (primary N) is 1. The number of rotatable bonds is 9. The lowest BCUT2D eigenvalue weighted by molar-refractivity contribution is -0.154. The third kappa shape index (κ3) is 5.23. The molecule has 1 fully saturated rings. The largest absolute Gasteiger partial charge is 0.448 e. The Morgan fingerprint density at radius 3 is 2.38 bits per heavy atom. The number of nitrogens with zero attached hydrogens (tertiary/aromatic N) is 3. The Hall–Kier alpha value is -4.42. The molecular weight excluding hydrogens is 550 g/mol. The number of β-lactam (4-membered cyclic amide) rings is 1. The van der Waals surface area contributed by atoms with Gasteiger partial charge in [-0.2, -0.15) is 0 Å². The SMILES string of the molecule is C=CC1=C(C(=O)OC(c2ccccc2)c2ccccc2)N2C(=O)C(NC(=O)/C(=N\OC)c3csc(N)n3)[C@H]2SC1. The van der Waals surface area contributed by atoms with Crippen molar-refractivity contribution in [3.8, 4) is 0 Å². The fourth-order valence-electron chi connectivity index (χ4n) is 4.44. The van der Waals surface area contributed by atoms with Crippen molar-refractivity contribution >= 4 is 51.7 Å². The summed E-state index contributed by atoms with van der Waals surface area (Å²) in [5.74, 6) is -1.36. The van der Waals surface area contributed by atoms with Crippen LogP contribution in [0.1, 0.15) is 22.9 Å². The van der Waals surface area contributed by atoms with Crippen LogP contribution >= 0.6 is 23.1 Å². The molecule has 3 N–H and O–H groups in total. The van der Waals surface area contributed by atoms with E-state index in [1.165, 1.54) is 23.8 Å². The minimum absolute atomic E-state index is 0.113. The number of hydrogen-bond acceptors (Lipinski definition) is 10. The number of carbonyl (C=O) groups excluding carboxylic acids is 3. The normalized spacial score (nSPS) is 18.6. The van der Waals surface area contributed by atoms with Gasteiger partial charge < -0.3 is 20.6 Å². The molecule has 3 aromatic rings. The molecule has 40 heavy (non-hydrogen) atoms. The number of carbonyl (C=O) groups is 3. The number of aromatic nitrogens is 1. The number of nitrogens with one attached hydrogen (secondary N) is 1. The molecule has 1 unspecified atom stereocenters. The van der Waals surface area contributed by atoms with Crippen LogP contribution in [0.2, 0.25) is 0 Å². The Morgan fingerprint density at radius 2 is 1.82 bits per heavy atom. The molecule has 1 saturated heterocycles. The van der Waals surface area contributed by atoms with Crippen molar-refractivity contribution in [3.05, 3.63) is 107 Å². The van der Waals surface area contributed by atoms with Crippen LogP contribution in [0.25, 0.3) is 0 Å². The van der Waals surface area contributed by atoms with Crippen molar-refractivity contribution in [1.82, 2.24) is 15.2 Å². The lowest BCUT2D eigenvalue weighted by Crippen LogP contribution is -2.71. The van der Waals surface area contributed by atoms with E-state index in [4.69, 9.17) is 15.3 Å². The van der Waals surface area contributed by atoms with E-state index in [2.05, 4.69) is 22.0 Å². The highest BCUT2D eigenvalue weighted by Gasteiger charge is 2.54. The average Bonchev–Trinajstić information content (AvgIpc) is 3.42. The molecule has 12 heteroatoms. The van der Waals surface area contributed by atoms with Crippen LogP contribution in [0.4, 0.5) is 5.13 Å². The molecule has 2 aromatic carbocycles. The highest BCUT2D eigenvalue weighted by atomic mass is 32.2. The van der Waals surface area contributed by atoms with Crippen LogP contribution in [0.15, 0.2) is 95.1 Å². The summed E-state index contributed by atoms with van der Waals surface area (Å²) >= 11 is 2.55. The number of fused-ring (bicyclic) bond motifs is 1. The molecule has 2 aliphatic heterocycles. The number of hydrogen-bond donors (Lipinski definition) is 2. The number of ether oxygens (including phenoxy) is 1. The number of anilines is 1. The number of amides is 2. The Bertz CT molecular complexity index is 1470. The van der Waals surface area contributed by atoms with Crippen LogP contribution in [0.5, 0.6) is 0 Å². The molecular formula is C28H25N5O5S2. The van der Waals surface area contributed by atoms with Crippen LogP contribution in [-0.2, 0) is 24.0 Å². The molecule has 2 amide bonds. The molecule has 204 valence electrons. The zero-order chi connectivity index (χ0) is 28.2. The lowest BCUT2D eigenvalue weighted by atomic mass is 10.0. The van der Waals surface area contributed by atoms with Crippen molar-refractivity contribution in [3.63, 3.8) is 0 Å². The van der Waals surface area contributed by atoms with Gasteiger partial charge in [0.15, 0.2) is 16.9 Å². The summed E-state index contributed by atoms with van der Waals surface area (Å²) in [6.45, 7) is 3.84. The van der Waals surface area contributed by atoms with Crippen LogP contribution in [0.3, 0.4) is 0 Å². The highest BCUT2D eigenvalue weighted by molar-refractivity contribution is 8.00. The summed E-state index contributed by atoms with van der Waals surface area (Å²) in [5, 5.41) is 7.78. The van der Waals surface area contributed by atoms with Gasteiger partial charge in [0.05, 0.1) is 0 Å². The highest BCUT2D eigenvalue weighted by Crippen LogP contribution is 2.42. The molecule has 3 heterocycles. The van der Waals surface area contributed by atoms with Crippen LogP contribution < -0.4 is 11.1 Å². The lowest BCUT2D eigenvalue weighted by Gasteiger charge is -2.49. The van der Waals surface area contributed by atoms with Crippen LogP contribution in [-0.4, -0.2) is 57.7 Å². The number of allylic oxidation sites excluding steroid dienone is 1. The maximum atomic E-state index is 13.7. The molecule has 0 radical (unpaired) electrons. The van der Waals surface area contributed by atoms with Gasteiger partial charge in [-0.1, -0.05) is 78.5 Å². The van der Waals surface area contributed by atoms with E-state index < -0.39 is 35.3 Å². The first-order valence-electron chi connectivity index (χ1n) is 12.2. The summed E-state index contributed by atoms with van der Waals surface area (Å²) in [5.41, 5.74) is 8.08. The van der Waals surface area contributed by atoms with Gasteiger partial charge in [0.1, 0.15) is 29.9 Å². The summed E-state index contributed by atoms with van der Waals surface area (Å²) in [6.07, 6.45) is 0.862. The standard InChI is InChI=1S/C28H25N5O5S2/c1-3-16-14-39-26-21(31-24(34)20(32-37-2)19-15-40-28(29)30-19)25(35)33(26)22(16)27(36)38-23(17-10-6-4-7-11-17)18-12-8-5-9-13-18/h3-13,15,21,23,26H,1,14H2,2H3,(H2,29,30)(H,31,34)/b32-20-/t21?,26-/m1/s1. The van der Waals surface area contributed by atoms with Gasteiger partial charge >= 0.3 is 5.97 Å². The second-order valence-electron chi connectivity index (χ2n) is 8.74. The summed E-state index contributed by atoms with van der Waals surface area (Å²) in [4.78, 5) is 50.4. The minimum Gasteiger partial charge on any atom is -0.448 e. The quantitative estimate of drug-likeness (QED) is 0.172. The van der Waals surface area contributed by atoms with Crippen molar-refractivity contribution in [2.75, 3.05) is 18.6 Å². The Labute approximate surface area is 238 Å². The van der Waals surface area contributed by atoms with E-state index in [0.717, 1.165) is 22.5 Å². The number of esters is 1. The topological polar surface area (TPSA) is 136 Å². The van der Waals surface area contributed by atoms with Crippen molar-refractivity contribution < 1.29 is 24.0 Å². The molecule has 2 atom stereocenters. The van der Waals surface area contributed by atoms with Crippen molar-refractivity contribution in [2.24, 2.45) is 5.16 Å². The number of thiazole rings is 1. The number of oxime groups is 1. The zero-order valence-corrected chi connectivity index (χ0v) is 23.0. The van der Waals surface area contributed by atoms with Gasteiger partial charge in [-0.25, -0.2) is 9.78 Å². The van der Waals surface area contributed by atoms with Gasteiger partial charge in [-0.05, 0) is 16.7 Å². The molecule has 1 aromatic heterocycles. The van der Waals surface area contributed by atoms with E-state index in [1.54, 1.807) is 11.5 Å². The van der Waals surface area contributed by atoms with Crippen molar-refractivity contribution in [2.45, 2.75) is 17.5 Å². The third-order valence-corrected chi connectivity index (χ3v) is 8.29. The number of nitrogen functional groups attached to an aromatic ring is 1. The van der Waals surface area contributed by atoms with E-state index in [-0.39, 0.29) is 22.2 Å². The summed E-state index contributed by atoms with van der Waals surface area (Å²) in [6, 6.07) is 17.9. The summed E-state index contributed by atoms with van der Waals surface area (Å²) < 4.78 is 6.05. The molecule has 0 aliphatic carbocycles. The minimum atomic E-state index is -0.899. The maximum absolute atomic E-state index is 13.7. The molecule has 10 nitrogen and oxygen atoms in total. The zero-order valence-electron chi connectivity index (χ0n) is 21.4. The molecule has 0 spiro atoms. The molecule has 0 bridgehead atoms. The van der Waals surface area contributed by atoms with Gasteiger partial charge in [-0.3, -0.25) is 14.5 Å². The second kappa shape index (κ2) is 11.8. The van der Waals surface area contributed by atoms with E-state index >= 15 is 0 Å². The average molecular weight is 576 g/mol. The smallest absolute Gasteiger partial charge is 0.356 e. The predicted molar refractivity (Wildman–Crippen MR) is 153 cm³/mol. The van der Waals surface area contributed by atoms with Crippen LogP contribution in [0, 0.1) is 0 Å².